The number of benzene rings is 1. The van der Waals surface area contributed by atoms with Gasteiger partial charge in [-0.1, -0.05) is 0 Å². The predicted molar refractivity (Wildman–Crippen MR) is 84.3 cm³/mol. The molecular formula is C16H13NO8. The van der Waals surface area contributed by atoms with E-state index in [9.17, 15) is 14.4 Å². The van der Waals surface area contributed by atoms with Crippen molar-refractivity contribution in [3.8, 4) is 5.75 Å². The Morgan fingerprint density at radius 2 is 1.92 bits per heavy atom. The molecule has 2 heterocycles. The zero-order valence-electron chi connectivity index (χ0n) is 13.1. The van der Waals surface area contributed by atoms with Crippen LogP contribution in [-0.4, -0.2) is 32.5 Å². The third-order valence-corrected chi connectivity index (χ3v) is 3.23. The largest absolute Gasteiger partial charge is 0.474 e. The van der Waals surface area contributed by atoms with Crippen molar-refractivity contribution in [2.75, 3.05) is 20.4 Å². The fourth-order valence-electron chi connectivity index (χ4n) is 2.13. The van der Waals surface area contributed by atoms with Gasteiger partial charge in [-0.05, 0) is 18.2 Å². The molecule has 3 rings (SSSR count). The van der Waals surface area contributed by atoms with Crippen molar-refractivity contribution >= 4 is 34.0 Å². The first kappa shape index (κ1) is 16.4. The number of carbonyl (C=O) groups is 2. The molecule has 1 N–H and O–H groups in total. The zero-order valence-corrected chi connectivity index (χ0v) is 13.1. The van der Waals surface area contributed by atoms with Gasteiger partial charge in [0.05, 0.1) is 6.26 Å². The minimum absolute atomic E-state index is 0.111. The molecule has 9 heteroatoms. The SMILES string of the molecule is CNC(=O)OCOC(=O)COc1c2occc2cc2ccc(=O)oc12. The van der Waals surface area contributed by atoms with Crippen LogP contribution in [0.5, 0.6) is 5.75 Å². The van der Waals surface area contributed by atoms with Gasteiger partial charge in [0, 0.05) is 23.9 Å². The molecule has 0 aliphatic heterocycles. The van der Waals surface area contributed by atoms with Gasteiger partial charge >= 0.3 is 17.7 Å². The highest BCUT2D eigenvalue weighted by molar-refractivity contribution is 6.00. The van der Waals surface area contributed by atoms with Gasteiger partial charge in [-0.3, -0.25) is 0 Å². The van der Waals surface area contributed by atoms with Gasteiger partial charge in [-0.25, -0.2) is 14.4 Å². The molecule has 0 bridgehead atoms. The van der Waals surface area contributed by atoms with Crippen molar-refractivity contribution < 1.29 is 32.6 Å². The van der Waals surface area contributed by atoms with Gasteiger partial charge in [0.25, 0.3) is 0 Å². The highest BCUT2D eigenvalue weighted by Gasteiger charge is 2.16. The Labute approximate surface area is 140 Å². The number of hydrogen-bond acceptors (Lipinski definition) is 8. The number of fused-ring (bicyclic) bond motifs is 2. The molecule has 0 aliphatic rings. The van der Waals surface area contributed by atoms with Crippen molar-refractivity contribution in [1.29, 1.82) is 0 Å². The Bertz CT molecular complexity index is 987. The molecule has 2 aromatic heterocycles. The highest BCUT2D eigenvalue weighted by atomic mass is 16.7. The maximum Gasteiger partial charge on any atom is 0.409 e. The zero-order chi connectivity index (χ0) is 17.8. The highest BCUT2D eigenvalue weighted by Crippen LogP contribution is 2.34. The fourth-order valence-corrected chi connectivity index (χ4v) is 2.13. The van der Waals surface area contributed by atoms with Crippen molar-refractivity contribution in [1.82, 2.24) is 5.32 Å². The number of furan rings is 1. The second kappa shape index (κ2) is 6.95. The van der Waals surface area contributed by atoms with Crippen molar-refractivity contribution in [2.45, 2.75) is 0 Å². The first-order valence-corrected chi connectivity index (χ1v) is 7.15. The number of hydrogen-bond donors (Lipinski definition) is 1. The summed E-state index contributed by atoms with van der Waals surface area (Å²) in [6.07, 6.45) is 0.714. The van der Waals surface area contributed by atoms with E-state index in [0.717, 1.165) is 0 Å². The number of nitrogens with one attached hydrogen (secondary N) is 1. The maximum absolute atomic E-state index is 11.7. The van der Waals surface area contributed by atoms with Gasteiger partial charge in [0.15, 0.2) is 17.8 Å². The van der Waals surface area contributed by atoms with E-state index in [1.807, 2.05) is 0 Å². The Balaban J connectivity index is 1.78. The Morgan fingerprint density at radius 1 is 1.12 bits per heavy atom. The second-order valence-corrected chi connectivity index (χ2v) is 4.82. The summed E-state index contributed by atoms with van der Waals surface area (Å²) in [5, 5.41) is 3.53. The monoisotopic (exact) mass is 347 g/mol. The molecule has 0 saturated carbocycles. The van der Waals surface area contributed by atoms with Crippen LogP contribution in [0.3, 0.4) is 0 Å². The molecule has 1 amide bonds. The van der Waals surface area contributed by atoms with E-state index in [1.54, 1.807) is 18.2 Å². The van der Waals surface area contributed by atoms with Gasteiger partial charge in [0.2, 0.25) is 12.5 Å². The van der Waals surface area contributed by atoms with E-state index in [4.69, 9.17) is 18.3 Å². The summed E-state index contributed by atoms with van der Waals surface area (Å²) in [4.78, 5) is 34.0. The van der Waals surface area contributed by atoms with Crippen LogP contribution in [-0.2, 0) is 14.3 Å². The topological polar surface area (TPSA) is 117 Å². The van der Waals surface area contributed by atoms with Crippen LogP contribution in [0.2, 0.25) is 0 Å². The molecule has 0 saturated heterocycles. The Hall–Kier alpha value is -3.49. The summed E-state index contributed by atoms with van der Waals surface area (Å²) in [6.45, 7) is -1.05. The van der Waals surface area contributed by atoms with Crippen LogP contribution >= 0.6 is 0 Å². The van der Waals surface area contributed by atoms with Crippen LogP contribution < -0.4 is 15.7 Å². The van der Waals surface area contributed by atoms with E-state index in [1.165, 1.54) is 19.4 Å². The quantitative estimate of drug-likeness (QED) is 0.421. The lowest BCUT2D eigenvalue weighted by Crippen LogP contribution is -2.23. The molecule has 0 atom stereocenters. The number of esters is 1. The van der Waals surface area contributed by atoms with Crippen LogP contribution in [0.25, 0.3) is 21.9 Å². The summed E-state index contributed by atoms with van der Waals surface area (Å²) >= 11 is 0. The summed E-state index contributed by atoms with van der Waals surface area (Å²) < 4.78 is 25.2. The van der Waals surface area contributed by atoms with Gasteiger partial charge in [-0.2, -0.15) is 0 Å². The second-order valence-electron chi connectivity index (χ2n) is 4.82. The molecule has 0 radical (unpaired) electrons. The van der Waals surface area contributed by atoms with E-state index in [-0.39, 0.29) is 11.3 Å². The molecule has 9 nitrogen and oxygen atoms in total. The Kier molecular flexibility index (Phi) is 4.55. The maximum atomic E-state index is 11.7. The third-order valence-electron chi connectivity index (χ3n) is 3.23. The third kappa shape index (κ3) is 3.55. The lowest BCUT2D eigenvalue weighted by Gasteiger charge is -2.09. The first-order chi connectivity index (χ1) is 12.1. The number of rotatable bonds is 5. The smallest absolute Gasteiger partial charge is 0.409 e. The van der Waals surface area contributed by atoms with Crippen LogP contribution in [0, 0.1) is 0 Å². The lowest BCUT2D eigenvalue weighted by molar-refractivity contribution is -0.154. The average Bonchev–Trinajstić information content (AvgIpc) is 3.06. The Morgan fingerprint density at radius 3 is 2.72 bits per heavy atom. The van der Waals surface area contributed by atoms with Crippen LogP contribution in [0.15, 0.2) is 44.2 Å². The van der Waals surface area contributed by atoms with Crippen molar-refractivity contribution in [3.63, 3.8) is 0 Å². The predicted octanol–water partition coefficient (Wildman–Crippen LogP) is 1.77. The van der Waals surface area contributed by atoms with E-state index >= 15 is 0 Å². The fraction of sp³-hybridized carbons (Fsp3) is 0.188. The van der Waals surface area contributed by atoms with Crippen LogP contribution in [0.4, 0.5) is 4.79 Å². The molecule has 0 fully saturated rings. The first-order valence-electron chi connectivity index (χ1n) is 7.15. The standard InChI is InChI=1S/C16H13NO8/c1-17-16(20)24-8-23-12(19)7-22-15-13-10(4-5-21-13)6-9-2-3-11(18)25-14(9)15/h2-6H,7-8H2,1H3,(H,17,20). The summed E-state index contributed by atoms with van der Waals surface area (Å²) in [5.74, 6) is -0.668. The molecule has 25 heavy (non-hydrogen) atoms. The summed E-state index contributed by atoms with van der Waals surface area (Å²) in [7, 11) is 1.37. The van der Waals surface area contributed by atoms with Gasteiger partial charge in [0.1, 0.15) is 0 Å². The van der Waals surface area contributed by atoms with Gasteiger partial charge in [-0.15, -0.1) is 0 Å². The molecule has 3 aromatic rings. The minimum Gasteiger partial charge on any atom is -0.474 e. The summed E-state index contributed by atoms with van der Waals surface area (Å²) in [5.41, 5.74) is -0.0783. The molecule has 0 spiro atoms. The van der Waals surface area contributed by atoms with E-state index < -0.39 is 31.1 Å². The molecule has 1 aromatic carbocycles. The van der Waals surface area contributed by atoms with Gasteiger partial charge < -0.3 is 28.4 Å². The molecular weight excluding hydrogens is 334 g/mol. The number of carbonyl (C=O) groups excluding carboxylic acids is 2. The number of amides is 1. The van der Waals surface area contributed by atoms with E-state index in [2.05, 4.69) is 10.1 Å². The molecule has 0 aliphatic carbocycles. The minimum atomic E-state index is -0.779. The van der Waals surface area contributed by atoms with E-state index in [0.29, 0.717) is 16.4 Å². The normalized spacial score (nSPS) is 10.6. The van der Waals surface area contributed by atoms with Crippen molar-refractivity contribution in [3.05, 3.63) is 40.9 Å². The number of alkyl carbamates (subject to hydrolysis) is 1. The molecule has 0 unspecified atom stereocenters. The lowest BCUT2D eigenvalue weighted by atomic mass is 10.1. The van der Waals surface area contributed by atoms with Crippen molar-refractivity contribution in [2.24, 2.45) is 0 Å². The van der Waals surface area contributed by atoms with Crippen LogP contribution in [0.1, 0.15) is 0 Å². The summed E-state index contributed by atoms with van der Waals surface area (Å²) in [6, 6.07) is 6.33. The molecule has 130 valence electrons. The number of ether oxygens (including phenoxy) is 3. The average molecular weight is 347 g/mol.